The molecule has 2 amide bonds. The molecule has 6 heteroatoms. The molecule has 0 fully saturated rings. The van der Waals surface area contributed by atoms with Crippen LogP contribution in [0.15, 0.2) is 70.0 Å². The fourth-order valence-electron chi connectivity index (χ4n) is 2.42. The summed E-state index contributed by atoms with van der Waals surface area (Å²) in [6.45, 7) is 2.81. The minimum atomic E-state index is -0.204. The normalized spacial score (nSPS) is 10.5. The van der Waals surface area contributed by atoms with E-state index in [0.29, 0.717) is 13.1 Å². The third-order valence-electron chi connectivity index (χ3n) is 3.68. The second-order valence-electron chi connectivity index (χ2n) is 5.71. The quantitative estimate of drug-likeness (QED) is 0.657. The SMILES string of the molecule is Cc1ccc(NC(=O)N(Cc2cccnc2)Cc2ccco2)c(Br)c1. The fourth-order valence-corrected chi connectivity index (χ4v) is 3.01. The number of halogens is 1. The van der Waals surface area contributed by atoms with Gasteiger partial charge >= 0.3 is 6.03 Å². The third kappa shape index (κ3) is 4.70. The van der Waals surface area contributed by atoms with Crippen LogP contribution in [0.4, 0.5) is 10.5 Å². The zero-order chi connectivity index (χ0) is 17.6. The number of furan rings is 1. The van der Waals surface area contributed by atoms with E-state index in [0.717, 1.165) is 27.0 Å². The molecule has 0 unspecified atom stereocenters. The molecule has 1 N–H and O–H groups in total. The lowest BCUT2D eigenvalue weighted by Crippen LogP contribution is -2.34. The average molecular weight is 400 g/mol. The number of benzene rings is 1. The second kappa shape index (κ2) is 7.98. The number of hydrogen-bond donors (Lipinski definition) is 1. The van der Waals surface area contributed by atoms with Crippen LogP contribution in [-0.4, -0.2) is 15.9 Å². The molecule has 2 aromatic heterocycles. The number of amides is 2. The number of rotatable bonds is 5. The van der Waals surface area contributed by atoms with Crippen molar-refractivity contribution in [1.82, 2.24) is 9.88 Å². The molecule has 1 aromatic carbocycles. The maximum Gasteiger partial charge on any atom is 0.322 e. The molecule has 0 spiro atoms. The van der Waals surface area contributed by atoms with Gasteiger partial charge in [-0.3, -0.25) is 4.98 Å². The first-order valence-electron chi connectivity index (χ1n) is 7.85. The highest BCUT2D eigenvalue weighted by atomic mass is 79.9. The van der Waals surface area contributed by atoms with Crippen LogP contribution in [0.3, 0.4) is 0 Å². The van der Waals surface area contributed by atoms with Gasteiger partial charge in [0.25, 0.3) is 0 Å². The van der Waals surface area contributed by atoms with E-state index in [2.05, 4.69) is 26.2 Å². The van der Waals surface area contributed by atoms with Crippen LogP contribution in [0, 0.1) is 6.92 Å². The van der Waals surface area contributed by atoms with Gasteiger partial charge in [-0.05, 0) is 64.3 Å². The summed E-state index contributed by atoms with van der Waals surface area (Å²) in [5.74, 6) is 0.724. The van der Waals surface area contributed by atoms with Crippen molar-refractivity contribution in [2.24, 2.45) is 0 Å². The van der Waals surface area contributed by atoms with Crippen LogP contribution in [-0.2, 0) is 13.1 Å². The Balaban J connectivity index is 1.78. The minimum absolute atomic E-state index is 0.204. The number of urea groups is 1. The fraction of sp³-hybridized carbons (Fsp3) is 0.158. The molecule has 2 heterocycles. The van der Waals surface area contributed by atoms with Crippen molar-refractivity contribution >= 4 is 27.6 Å². The number of aryl methyl sites for hydroxylation is 1. The van der Waals surface area contributed by atoms with E-state index in [9.17, 15) is 4.79 Å². The van der Waals surface area contributed by atoms with Crippen LogP contribution in [0.5, 0.6) is 0 Å². The average Bonchev–Trinajstić information content (AvgIpc) is 3.11. The van der Waals surface area contributed by atoms with Crippen molar-refractivity contribution < 1.29 is 9.21 Å². The maximum atomic E-state index is 12.8. The lowest BCUT2D eigenvalue weighted by Gasteiger charge is -2.22. The molecule has 0 atom stereocenters. The number of nitrogens with zero attached hydrogens (tertiary/aromatic N) is 2. The van der Waals surface area contributed by atoms with E-state index >= 15 is 0 Å². The van der Waals surface area contributed by atoms with Crippen LogP contribution in [0.25, 0.3) is 0 Å². The summed E-state index contributed by atoms with van der Waals surface area (Å²) in [6.07, 6.45) is 5.07. The predicted molar refractivity (Wildman–Crippen MR) is 100 cm³/mol. The Labute approximate surface area is 154 Å². The van der Waals surface area contributed by atoms with Crippen LogP contribution < -0.4 is 5.32 Å². The van der Waals surface area contributed by atoms with Gasteiger partial charge in [0.15, 0.2) is 0 Å². The molecular weight excluding hydrogens is 382 g/mol. The van der Waals surface area contributed by atoms with Crippen molar-refractivity contribution in [3.8, 4) is 0 Å². The van der Waals surface area contributed by atoms with Gasteiger partial charge in [0.1, 0.15) is 5.76 Å². The van der Waals surface area contributed by atoms with Gasteiger partial charge in [-0.1, -0.05) is 12.1 Å². The van der Waals surface area contributed by atoms with E-state index in [4.69, 9.17) is 4.42 Å². The molecular formula is C19H18BrN3O2. The van der Waals surface area contributed by atoms with Gasteiger partial charge in [0.05, 0.1) is 18.5 Å². The number of carbonyl (C=O) groups is 1. The number of carbonyl (C=O) groups excluding carboxylic acids is 1. The second-order valence-corrected chi connectivity index (χ2v) is 6.56. The Morgan fingerprint density at radius 1 is 1.24 bits per heavy atom. The van der Waals surface area contributed by atoms with Crippen molar-refractivity contribution in [2.45, 2.75) is 20.0 Å². The first-order chi connectivity index (χ1) is 12.1. The Morgan fingerprint density at radius 3 is 2.80 bits per heavy atom. The molecule has 0 aliphatic heterocycles. The smallest absolute Gasteiger partial charge is 0.322 e. The topological polar surface area (TPSA) is 58.4 Å². The zero-order valence-corrected chi connectivity index (χ0v) is 15.4. The molecule has 3 aromatic rings. The summed E-state index contributed by atoms with van der Waals surface area (Å²) in [5, 5.41) is 2.95. The van der Waals surface area contributed by atoms with Gasteiger partial charge in [0, 0.05) is 23.4 Å². The molecule has 0 aliphatic carbocycles. The summed E-state index contributed by atoms with van der Waals surface area (Å²) in [7, 11) is 0. The molecule has 0 aliphatic rings. The molecule has 3 rings (SSSR count). The molecule has 0 saturated carbocycles. The van der Waals surface area contributed by atoms with Gasteiger partial charge in [0.2, 0.25) is 0 Å². The highest BCUT2D eigenvalue weighted by Crippen LogP contribution is 2.24. The lowest BCUT2D eigenvalue weighted by molar-refractivity contribution is 0.201. The van der Waals surface area contributed by atoms with E-state index in [-0.39, 0.29) is 6.03 Å². The van der Waals surface area contributed by atoms with Gasteiger partial charge < -0.3 is 14.6 Å². The molecule has 25 heavy (non-hydrogen) atoms. The zero-order valence-electron chi connectivity index (χ0n) is 13.8. The van der Waals surface area contributed by atoms with E-state index < -0.39 is 0 Å². The molecule has 0 radical (unpaired) electrons. The predicted octanol–water partition coefficient (Wildman–Crippen LogP) is 4.98. The highest BCUT2D eigenvalue weighted by molar-refractivity contribution is 9.10. The summed E-state index contributed by atoms with van der Waals surface area (Å²) in [5.41, 5.74) is 2.80. The Morgan fingerprint density at radius 2 is 2.12 bits per heavy atom. The largest absolute Gasteiger partial charge is 0.467 e. The van der Waals surface area contributed by atoms with E-state index in [1.807, 2.05) is 49.4 Å². The number of anilines is 1. The van der Waals surface area contributed by atoms with Crippen molar-refractivity contribution in [3.63, 3.8) is 0 Å². The molecule has 128 valence electrons. The standard InChI is InChI=1S/C19H18BrN3O2/c1-14-6-7-18(17(20)10-14)22-19(24)23(13-16-5-3-9-25-16)12-15-4-2-8-21-11-15/h2-11H,12-13H2,1H3,(H,22,24). The Bertz CT molecular complexity index is 835. The van der Waals surface area contributed by atoms with Gasteiger partial charge in [-0.2, -0.15) is 0 Å². The third-order valence-corrected chi connectivity index (χ3v) is 4.33. The van der Waals surface area contributed by atoms with Gasteiger partial charge in [-0.15, -0.1) is 0 Å². The molecule has 0 bridgehead atoms. The van der Waals surface area contributed by atoms with Gasteiger partial charge in [-0.25, -0.2) is 4.79 Å². The summed E-state index contributed by atoms with van der Waals surface area (Å²) in [4.78, 5) is 18.6. The first kappa shape index (κ1) is 17.2. The van der Waals surface area contributed by atoms with Crippen LogP contribution >= 0.6 is 15.9 Å². The lowest BCUT2D eigenvalue weighted by atomic mass is 10.2. The van der Waals surface area contributed by atoms with Crippen molar-refractivity contribution in [1.29, 1.82) is 0 Å². The number of nitrogens with one attached hydrogen (secondary N) is 1. The van der Waals surface area contributed by atoms with Crippen molar-refractivity contribution in [3.05, 3.63) is 82.5 Å². The first-order valence-corrected chi connectivity index (χ1v) is 8.64. The maximum absolute atomic E-state index is 12.8. The van der Waals surface area contributed by atoms with E-state index in [1.54, 1.807) is 23.6 Å². The Kier molecular flexibility index (Phi) is 5.50. The van der Waals surface area contributed by atoms with Crippen LogP contribution in [0.2, 0.25) is 0 Å². The minimum Gasteiger partial charge on any atom is -0.467 e. The number of hydrogen-bond acceptors (Lipinski definition) is 3. The number of aromatic nitrogens is 1. The molecule has 0 saturated heterocycles. The highest BCUT2D eigenvalue weighted by Gasteiger charge is 2.17. The molecule has 5 nitrogen and oxygen atoms in total. The summed E-state index contributed by atoms with van der Waals surface area (Å²) < 4.78 is 6.24. The number of pyridine rings is 1. The van der Waals surface area contributed by atoms with Crippen LogP contribution in [0.1, 0.15) is 16.9 Å². The van der Waals surface area contributed by atoms with E-state index in [1.165, 1.54) is 0 Å². The summed E-state index contributed by atoms with van der Waals surface area (Å²) in [6, 6.07) is 13.1. The van der Waals surface area contributed by atoms with Crippen molar-refractivity contribution in [2.75, 3.05) is 5.32 Å². The monoisotopic (exact) mass is 399 g/mol. The summed E-state index contributed by atoms with van der Waals surface area (Å²) >= 11 is 3.49. The Hall–Kier alpha value is -2.60.